The molecule has 2 saturated heterocycles. The molecule has 3 rings (SSSR count). The van der Waals surface area contributed by atoms with Crippen LogP contribution in [0.1, 0.15) is 33.6 Å². The maximum absolute atomic E-state index is 6.14. The van der Waals surface area contributed by atoms with Crippen LogP contribution in [-0.4, -0.2) is 70.5 Å². The van der Waals surface area contributed by atoms with Gasteiger partial charge in [-0.1, -0.05) is 32.9 Å². The number of nitrogens with zero attached hydrogens (tertiary/aromatic N) is 3. The molecule has 2 aliphatic heterocycles. The van der Waals surface area contributed by atoms with Gasteiger partial charge in [-0.15, -0.1) is 24.0 Å². The molecule has 0 aliphatic carbocycles. The van der Waals surface area contributed by atoms with Crippen LogP contribution < -0.4 is 15.0 Å². The van der Waals surface area contributed by atoms with Crippen molar-refractivity contribution in [3.63, 3.8) is 0 Å². The third kappa shape index (κ3) is 6.15. The molecule has 0 saturated carbocycles. The standard InChI is InChI=1S/C23H38N4O2.HI/c1-23(2,3)21-18(9-8-16-29-21)17-25-22(24-4)27-14-12-26(13-15-27)19-10-6-7-11-20(19)28-5;/h6-7,10-11,18,21H,8-9,12-17H2,1-5H3,(H,24,25);1H. The van der Waals surface area contributed by atoms with Crippen molar-refractivity contribution in [1.29, 1.82) is 0 Å². The molecule has 0 amide bonds. The highest BCUT2D eigenvalue weighted by molar-refractivity contribution is 14.0. The van der Waals surface area contributed by atoms with Crippen molar-refractivity contribution in [1.82, 2.24) is 10.2 Å². The highest BCUT2D eigenvalue weighted by Gasteiger charge is 2.35. The molecule has 6 nitrogen and oxygen atoms in total. The predicted octanol–water partition coefficient (Wildman–Crippen LogP) is 3.85. The van der Waals surface area contributed by atoms with Crippen LogP contribution >= 0.6 is 24.0 Å². The number of halogens is 1. The number of methoxy groups -OCH3 is 1. The first-order chi connectivity index (χ1) is 13.9. The van der Waals surface area contributed by atoms with Gasteiger partial charge in [0.25, 0.3) is 0 Å². The topological polar surface area (TPSA) is 49.3 Å². The molecular formula is C23H39IN4O2. The van der Waals surface area contributed by atoms with Gasteiger partial charge in [-0.3, -0.25) is 4.99 Å². The van der Waals surface area contributed by atoms with Crippen molar-refractivity contribution >= 4 is 35.6 Å². The number of anilines is 1. The Hall–Kier alpha value is -1.22. The Morgan fingerprint density at radius 2 is 1.90 bits per heavy atom. The molecule has 0 spiro atoms. The van der Waals surface area contributed by atoms with Gasteiger partial charge >= 0.3 is 0 Å². The third-order valence-corrected chi connectivity index (χ3v) is 6.04. The zero-order valence-electron chi connectivity index (χ0n) is 19.2. The number of benzene rings is 1. The molecule has 1 aromatic carbocycles. The average Bonchev–Trinajstić information content (AvgIpc) is 2.74. The first-order valence-electron chi connectivity index (χ1n) is 10.9. The predicted molar refractivity (Wildman–Crippen MR) is 135 cm³/mol. The first-order valence-corrected chi connectivity index (χ1v) is 10.9. The van der Waals surface area contributed by atoms with E-state index in [9.17, 15) is 0 Å². The van der Waals surface area contributed by atoms with E-state index in [2.05, 4.69) is 53.0 Å². The number of ether oxygens (including phenoxy) is 2. The lowest BCUT2D eigenvalue weighted by atomic mass is 9.78. The van der Waals surface area contributed by atoms with Gasteiger partial charge in [-0.05, 0) is 30.4 Å². The maximum atomic E-state index is 6.14. The van der Waals surface area contributed by atoms with Crippen LogP contribution in [0.5, 0.6) is 5.75 Å². The summed E-state index contributed by atoms with van der Waals surface area (Å²) in [5, 5.41) is 3.64. The summed E-state index contributed by atoms with van der Waals surface area (Å²) in [6.45, 7) is 12.4. The summed E-state index contributed by atoms with van der Waals surface area (Å²) in [7, 11) is 3.62. The smallest absolute Gasteiger partial charge is 0.193 e. The molecule has 2 aliphatic rings. The van der Waals surface area contributed by atoms with E-state index in [1.165, 1.54) is 12.1 Å². The van der Waals surface area contributed by atoms with E-state index < -0.39 is 0 Å². The number of para-hydroxylation sites is 2. The molecule has 0 radical (unpaired) electrons. The molecule has 30 heavy (non-hydrogen) atoms. The van der Waals surface area contributed by atoms with E-state index in [0.29, 0.717) is 12.0 Å². The fourth-order valence-corrected chi connectivity index (χ4v) is 4.61. The Kier molecular flexibility index (Phi) is 9.53. The summed E-state index contributed by atoms with van der Waals surface area (Å²) in [4.78, 5) is 9.32. The fraction of sp³-hybridized carbons (Fsp3) is 0.696. The van der Waals surface area contributed by atoms with Gasteiger partial charge in [-0.25, -0.2) is 0 Å². The summed E-state index contributed by atoms with van der Waals surface area (Å²) in [6, 6.07) is 8.25. The molecular weight excluding hydrogens is 491 g/mol. The Morgan fingerprint density at radius 1 is 1.20 bits per heavy atom. The first kappa shape index (κ1) is 25.0. The maximum Gasteiger partial charge on any atom is 0.193 e. The zero-order valence-corrected chi connectivity index (χ0v) is 21.5. The summed E-state index contributed by atoms with van der Waals surface area (Å²) in [5.74, 6) is 2.47. The van der Waals surface area contributed by atoms with Crippen LogP contribution in [0, 0.1) is 11.3 Å². The zero-order chi connectivity index (χ0) is 20.9. The second-order valence-electron chi connectivity index (χ2n) is 9.13. The van der Waals surface area contributed by atoms with Gasteiger partial charge in [0.05, 0.1) is 18.9 Å². The number of hydrogen-bond acceptors (Lipinski definition) is 4. The number of rotatable bonds is 4. The number of guanidine groups is 1. The SMILES string of the molecule is CN=C(NCC1CCCOC1C(C)(C)C)N1CCN(c2ccccc2OC)CC1.I. The number of hydrogen-bond donors (Lipinski definition) is 1. The van der Waals surface area contributed by atoms with E-state index in [4.69, 9.17) is 9.47 Å². The van der Waals surface area contributed by atoms with E-state index in [1.807, 2.05) is 19.2 Å². The molecule has 0 bridgehead atoms. The van der Waals surface area contributed by atoms with Crippen molar-refractivity contribution < 1.29 is 9.47 Å². The highest BCUT2D eigenvalue weighted by Crippen LogP contribution is 2.33. The average molecular weight is 530 g/mol. The van der Waals surface area contributed by atoms with Gasteiger partial charge in [-0.2, -0.15) is 0 Å². The highest BCUT2D eigenvalue weighted by atomic mass is 127. The van der Waals surface area contributed by atoms with E-state index >= 15 is 0 Å². The monoisotopic (exact) mass is 530 g/mol. The molecule has 1 N–H and O–H groups in total. The molecule has 1 aromatic rings. The van der Waals surface area contributed by atoms with E-state index in [-0.39, 0.29) is 29.4 Å². The van der Waals surface area contributed by atoms with Crippen molar-refractivity contribution in [2.45, 2.75) is 39.7 Å². The van der Waals surface area contributed by atoms with Crippen molar-refractivity contribution in [2.24, 2.45) is 16.3 Å². The lowest BCUT2D eigenvalue weighted by Gasteiger charge is -2.41. The lowest BCUT2D eigenvalue weighted by molar-refractivity contribution is -0.0836. The minimum absolute atomic E-state index is 0. The molecule has 2 atom stereocenters. The van der Waals surface area contributed by atoms with Crippen LogP contribution in [0.15, 0.2) is 29.3 Å². The van der Waals surface area contributed by atoms with Crippen LogP contribution in [-0.2, 0) is 4.74 Å². The molecule has 2 heterocycles. The van der Waals surface area contributed by atoms with Gasteiger partial charge in [0.2, 0.25) is 0 Å². The summed E-state index contributed by atoms with van der Waals surface area (Å²) >= 11 is 0. The minimum atomic E-state index is 0. The van der Waals surface area contributed by atoms with E-state index in [1.54, 1.807) is 7.11 Å². The number of piperazine rings is 1. The van der Waals surface area contributed by atoms with Crippen molar-refractivity contribution in [2.75, 3.05) is 58.4 Å². The molecule has 7 heteroatoms. The normalized spacial score (nSPS) is 23.0. The fourth-order valence-electron chi connectivity index (χ4n) is 4.61. The largest absolute Gasteiger partial charge is 0.495 e. The van der Waals surface area contributed by atoms with Crippen molar-refractivity contribution in [3.8, 4) is 5.75 Å². The second-order valence-corrected chi connectivity index (χ2v) is 9.13. The summed E-state index contributed by atoms with van der Waals surface area (Å²) in [6.07, 6.45) is 2.66. The van der Waals surface area contributed by atoms with Gasteiger partial charge < -0.3 is 24.6 Å². The summed E-state index contributed by atoms with van der Waals surface area (Å²) in [5.41, 5.74) is 1.33. The molecule has 2 unspecified atom stereocenters. The molecule has 2 fully saturated rings. The number of nitrogens with one attached hydrogen (secondary N) is 1. The van der Waals surface area contributed by atoms with Gasteiger partial charge in [0.1, 0.15) is 5.75 Å². The van der Waals surface area contributed by atoms with Crippen LogP contribution in [0.2, 0.25) is 0 Å². The van der Waals surface area contributed by atoms with Crippen LogP contribution in [0.25, 0.3) is 0 Å². The van der Waals surface area contributed by atoms with Crippen LogP contribution in [0.3, 0.4) is 0 Å². The van der Waals surface area contributed by atoms with Gasteiger partial charge in [0, 0.05) is 52.3 Å². The minimum Gasteiger partial charge on any atom is -0.495 e. The Labute approximate surface area is 199 Å². The van der Waals surface area contributed by atoms with Crippen LogP contribution in [0.4, 0.5) is 5.69 Å². The summed E-state index contributed by atoms with van der Waals surface area (Å²) < 4.78 is 11.7. The Balaban J connectivity index is 0.00000320. The molecule has 0 aromatic heterocycles. The van der Waals surface area contributed by atoms with Gasteiger partial charge in [0.15, 0.2) is 5.96 Å². The second kappa shape index (κ2) is 11.4. The quantitative estimate of drug-likeness (QED) is 0.364. The Bertz CT molecular complexity index is 684. The number of aliphatic imine (C=N–C) groups is 1. The molecule has 170 valence electrons. The third-order valence-electron chi connectivity index (χ3n) is 6.04. The van der Waals surface area contributed by atoms with Crippen molar-refractivity contribution in [3.05, 3.63) is 24.3 Å². The Morgan fingerprint density at radius 3 is 2.53 bits per heavy atom. The van der Waals surface area contributed by atoms with E-state index in [0.717, 1.165) is 57.5 Å². The lowest BCUT2D eigenvalue weighted by Crippen LogP contribution is -2.54.